The van der Waals surface area contributed by atoms with Gasteiger partial charge >= 0.3 is 12.4 Å². The van der Waals surface area contributed by atoms with Crippen molar-refractivity contribution in [1.82, 2.24) is 14.8 Å². The number of urea groups is 1. The van der Waals surface area contributed by atoms with Crippen molar-refractivity contribution in [3.8, 4) is 11.4 Å². The van der Waals surface area contributed by atoms with Gasteiger partial charge in [0.05, 0.1) is 23.7 Å². The number of ether oxygens (including phenoxy) is 2. The van der Waals surface area contributed by atoms with Crippen molar-refractivity contribution in [3.05, 3.63) is 95.3 Å². The smallest absolute Gasteiger partial charge is 0.406 e. The summed E-state index contributed by atoms with van der Waals surface area (Å²) in [6.07, 6.45) is -2.85. The molecule has 3 aromatic carbocycles. The lowest BCUT2D eigenvalue weighted by Gasteiger charge is -2.20. The van der Waals surface area contributed by atoms with E-state index in [1.807, 2.05) is 25.1 Å². The third-order valence-corrected chi connectivity index (χ3v) is 7.46. The minimum absolute atomic E-state index is 0.117. The lowest BCUT2D eigenvalue weighted by Crippen LogP contribution is -2.31. The molecule has 1 aliphatic heterocycles. The molecule has 0 radical (unpaired) electrons. The number of alkyl halides is 3. The maximum Gasteiger partial charge on any atom is 0.573 e. The highest BCUT2D eigenvalue weighted by atomic mass is 32.2. The lowest BCUT2D eigenvalue weighted by atomic mass is 10.1. The second kappa shape index (κ2) is 13.5. The van der Waals surface area contributed by atoms with Gasteiger partial charge in [0.25, 0.3) is 0 Å². The van der Waals surface area contributed by atoms with E-state index < -0.39 is 18.2 Å². The number of aliphatic imine (C=N–C) groups is 1. The monoisotopic (exact) mass is 642 g/mol. The van der Waals surface area contributed by atoms with Gasteiger partial charge in [-0.3, -0.25) is 9.69 Å². The maximum atomic E-state index is 14.9. The van der Waals surface area contributed by atoms with Gasteiger partial charge in [-0.2, -0.15) is 10.1 Å². The van der Waals surface area contributed by atoms with E-state index >= 15 is 0 Å². The standard InChI is InChI=1S/C30H26F4N6O4S/c1-18-3-4-20(15-43-2)25(13-18)40-27(41)16-45-29(40)37-28(42)36-21-7-5-19(24(31)14-21)6-12-26-35-17-39(38-26)22-8-10-23(11-9-22)44-30(32,33)34/h3-5,7-11,13-14,17H,6,12,15-16H2,1-2H3,(H,36,42). The van der Waals surface area contributed by atoms with E-state index in [0.717, 1.165) is 35.0 Å². The predicted molar refractivity (Wildman–Crippen MR) is 160 cm³/mol. The molecule has 1 aromatic heterocycles. The first-order valence-electron chi connectivity index (χ1n) is 13.5. The minimum Gasteiger partial charge on any atom is -0.406 e. The number of hydrogen-bond acceptors (Lipinski definition) is 7. The van der Waals surface area contributed by atoms with Gasteiger partial charge in [-0.15, -0.1) is 13.2 Å². The Morgan fingerprint density at radius 1 is 1.07 bits per heavy atom. The van der Waals surface area contributed by atoms with E-state index in [9.17, 15) is 27.2 Å². The summed E-state index contributed by atoms with van der Waals surface area (Å²) < 4.78 is 62.6. The van der Waals surface area contributed by atoms with Crippen LogP contribution in [0.3, 0.4) is 0 Å². The number of carbonyl (C=O) groups is 2. The van der Waals surface area contributed by atoms with E-state index in [2.05, 4.69) is 25.1 Å². The molecular weight excluding hydrogens is 616 g/mol. The first-order chi connectivity index (χ1) is 21.5. The van der Waals surface area contributed by atoms with E-state index in [1.54, 1.807) is 7.11 Å². The van der Waals surface area contributed by atoms with Crippen LogP contribution in [0.2, 0.25) is 0 Å². The Morgan fingerprint density at radius 2 is 1.82 bits per heavy atom. The average Bonchev–Trinajstić information content (AvgIpc) is 3.59. The molecule has 0 spiro atoms. The fourth-order valence-corrected chi connectivity index (χ4v) is 5.35. The van der Waals surface area contributed by atoms with Crippen molar-refractivity contribution in [1.29, 1.82) is 0 Å². The number of nitrogens with one attached hydrogen (secondary N) is 1. The van der Waals surface area contributed by atoms with Gasteiger partial charge in [-0.25, -0.2) is 18.9 Å². The number of carbonyl (C=O) groups excluding carboxylic acids is 2. The van der Waals surface area contributed by atoms with Crippen LogP contribution < -0.4 is 15.0 Å². The van der Waals surface area contributed by atoms with Gasteiger partial charge in [0.2, 0.25) is 5.91 Å². The van der Waals surface area contributed by atoms with Gasteiger partial charge in [-0.1, -0.05) is 30.0 Å². The number of benzene rings is 3. The van der Waals surface area contributed by atoms with Crippen molar-refractivity contribution in [2.45, 2.75) is 32.7 Å². The zero-order valence-corrected chi connectivity index (χ0v) is 24.8. The Bertz CT molecular complexity index is 1740. The number of hydrogen-bond donors (Lipinski definition) is 1. The fourth-order valence-electron chi connectivity index (χ4n) is 4.49. The summed E-state index contributed by atoms with van der Waals surface area (Å²) in [7, 11) is 1.55. The number of nitrogens with zero attached hydrogens (tertiary/aromatic N) is 5. The first kappa shape index (κ1) is 31.7. The number of halogens is 4. The normalized spacial score (nSPS) is 14.3. The molecule has 0 aliphatic carbocycles. The molecule has 0 atom stereocenters. The van der Waals surface area contributed by atoms with Crippen LogP contribution in [0.15, 0.2) is 72.0 Å². The molecule has 4 aromatic rings. The van der Waals surface area contributed by atoms with Crippen molar-refractivity contribution < 1.29 is 36.6 Å². The Balaban J connectivity index is 1.21. The van der Waals surface area contributed by atoms with Crippen LogP contribution in [-0.2, 0) is 29.0 Å². The number of aromatic nitrogens is 3. The number of methoxy groups -OCH3 is 1. The molecule has 234 valence electrons. The Labute approximate surface area is 259 Å². The van der Waals surface area contributed by atoms with Crippen molar-refractivity contribution in [3.63, 3.8) is 0 Å². The SMILES string of the molecule is COCc1ccc(C)cc1N1C(=O)CSC1=NC(=O)Nc1ccc(CCc2ncn(-c3ccc(OC(F)(F)F)cc3)n2)c(F)c1. The quantitative estimate of drug-likeness (QED) is 0.216. The third kappa shape index (κ3) is 8.05. The van der Waals surface area contributed by atoms with Crippen LogP contribution in [0.1, 0.15) is 22.5 Å². The van der Waals surface area contributed by atoms with Gasteiger partial charge in [0, 0.05) is 24.8 Å². The number of aryl methyl sites for hydroxylation is 3. The number of thioether (sulfide) groups is 1. The summed E-state index contributed by atoms with van der Waals surface area (Å²) in [5.74, 6) is -0.628. The summed E-state index contributed by atoms with van der Waals surface area (Å²) in [4.78, 5) is 35.1. The highest BCUT2D eigenvalue weighted by molar-refractivity contribution is 8.15. The van der Waals surface area contributed by atoms with Gasteiger partial charge < -0.3 is 14.8 Å². The van der Waals surface area contributed by atoms with Crippen molar-refractivity contribution in [2.24, 2.45) is 4.99 Å². The zero-order chi connectivity index (χ0) is 32.1. The Hall–Kier alpha value is -4.76. The molecule has 10 nitrogen and oxygen atoms in total. The zero-order valence-electron chi connectivity index (χ0n) is 24.0. The highest BCUT2D eigenvalue weighted by Crippen LogP contribution is 2.31. The summed E-state index contributed by atoms with van der Waals surface area (Å²) in [6, 6.07) is 14.2. The van der Waals surface area contributed by atoms with Gasteiger partial charge in [0.1, 0.15) is 17.9 Å². The number of amides is 3. The van der Waals surface area contributed by atoms with Crippen molar-refractivity contribution >= 4 is 40.2 Å². The van der Waals surface area contributed by atoms with Crippen LogP contribution in [0.4, 0.5) is 33.7 Å². The molecule has 5 rings (SSSR count). The average molecular weight is 643 g/mol. The number of amidine groups is 1. The second-order valence-corrected chi connectivity index (χ2v) is 10.8. The Morgan fingerprint density at radius 3 is 2.53 bits per heavy atom. The van der Waals surface area contributed by atoms with Gasteiger partial charge in [-0.05, 0) is 66.9 Å². The van der Waals surface area contributed by atoms with Crippen LogP contribution in [0.5, 0.6) is 5.75 Å². The van der Waals surface area contributed by atoms with E-state index in [0.29, 0.717) is 22.8 Å². The molecule has 0 bridgehead atoms. The van der Waals surface area contributed by atoms with E-state index in [-0.39, 0.29) is 47.7 Å². The predicted octanol–water partition coefficient (Wildman–Crippen LogP) is 6.21. The molecule has 2 heterocycles. The minimum atomic E-state index is -4.79. The number of anilines is 2. The van der Waals surface area contributed by atoms with Crippen LogP contribution in [0, 0.1) is 12.7 Å². The molecule has 45 heavy (non-hydrogen) atoms. The van der Waals surface area contributed by atoms with E-state index in [4.69, 9.17) is 4.74 Å². The second-order valence-electron chi connectivity index (χ2n) is 9.86. The van der Waals surface area contributed by atoms with Gasteiger partial charge in [0.15, 0.2) is 11.0 Å². The topological polar surface area (TPSA) is 111 Å². The highest BCUT2D eigenvalue weighted by Gasteiger charge is 2.32. The fraction of sp³-hybridized carbons (Fsp3) is 0.233. The molecule has 1 N–H and O–H groups in total. The van der Waals surface area contributed by atoms with Crippen LogP contribution >= 0.6 is 11.8 Å². The molecule has 0 saturated carbocycles. The first-order valence-corrected chi connectivity index (χ1v) is 14.5. The molecule has 0 unspecified atom stereocenters. The summed E-state index contributed by atoms with van der Waals surface area (Å²) >= 11 is 1.13. The van der Waals surface area contributed by atoms with Crippen molar-refractivity contribution in [2.75, 3.05) is 23.1 Å². The lowest BCUT2D eigenvalue weighted by molar-refractivity contribution is -0.274. The molecule has 15 heteroatoms. The van der Waals surface area contributed by atoms with Crippen LogP contribution in [-0.4, -0.2) is 51.1 Å². The molecule has 1 fully saturated rings. The third-order valence-electron chi connectivity index (χ3n) is 6.54. The van der Waals surface area contributed by atoms with Crippen LogP contribution in [0.25, 0.3) is 5.69 Å². The van der Waals surface area contributed by atoms with E-state index in [1.165, 1.54) is 46.2 Å². The Kier molecular flexibility index (Phi) is 9.48. The molecule has 3 amide bonds. The molecular formula is C30H26F4N6O4S. The molecule has 1 saturated heterocycles. The molecule has 1 aliphatic rings. The summed E-state index contributed by atoms with van der Waals surface area (Å²) in [6.45, 7) is 2.16. The largest absolute Gasteiger partial charge is 0.573 e. The number of rotatable bonds is 9. The summed E-state index contributed by atoms with van der Waals surface area (Å²) in [5.41, 5.74) is 3.28. The maximum absolute atomic E-state index is 14.9. The summed E-state index contributed by atoms with van der Waals surface area (Å²) in [5, 5.41) is 7.05.